The molecule has 1 heterocycles. The number of nitrogens with zero attached hydrogens (tertiary/aromatic N) is 1. The molecule has 4 atom stereocenters. The number of carboxylic acids is 1. The van der Waals surface area contributed by atoms with Gasteiger partial charge in [0.1, 0.15) is 12.2 Å². The molecule has 0 radical (unpaired) electrons. The lowest BCUT2D eigenvalue weighted by molar-refractivity contribution is -0.183. The predicted molar refractivity (Wildman–Crippen MR) is 147 cm³/mol. The van der Waals surface area contributed by atoms with E-state index in [1.807, 2.05) is 19.1 Å². The van der Waals surface area contributed by atoms with Crippen LogP contribution in [0.3, 0.4) is 0 Å². The summed E-state index contributed by atoms with van der Waals surface area (Å²) in [5, 5.41) is 10.6. The molecule has 1 aliphatic heterocycles. The van der Waals surface area contributed by atoms with Crippen LogP contribution in [-0.4, -0.2) is 52.9 Å². The number of sulfone groups is 1. The van der Waals surface area contributed by atoms with E-state index in [2.05, 4.69) is 0 Å². The van der Waals surface area contributed by atoms with Crippen molar-refractivity contribution in [2.75, 3.05) is 5.75 Å². The van der Waals surface area contributed by atoms with Crippen LogP contribution in [0.4, 0.5) is 0 Å². The maximum absolute atomic E-state index is 14.0. The summed E-state index contributed by atoms with van der Waals surface area (Å²) in [5.74, 6) is -1.95. The Morgan fingerprint density at radius 2 is 1.71 bits per heavy atom. The Kier molecular flexibility index (Phi) is 8.20. The monoisotopic (exact) mass is 581 g/mol. The highest BCUT2D eigenvalue weighted by molar-refractivity contribution is 7.92. The van der Waals surface area contributed by atoms with Crippen molar-refractivity contribution >= 4 is 44.9 Å². The van der Waals surface area contributed by atoms with Gasteiger partial charge in [-0.15, -0.1) is 0 Å². The number of rotatable bonds is 8. The number of aliphatic carboxylic acids is 1. The van der Waals surface area contributed by atoms with Gasteiger partial charge in [-0.3, -0.25) is 9.59 Å². The van der Waals surface area contributed by atoms with Crippen molar-refractivity contribution in [1.29, 1.82) is 0 Å². The molecule has 2 fully saturated rings. The lowest BCUT2D eigenvalue weighted by atomic mass is 9.89. The second kappa shape index (κ2) is 10.8. The number of morpholine rings is 1. The molecule has 1 amide bonds. The summed E-state index contributed by atoms with van der Waals surface area (Å²) < 4.78 is 32.1. The summed E-state index contributed by atoms with van der Waals surface area (Å²) in [6.07, 6.45) is -1.03. The lowest BCUT2D eigenvalue weighted by Crippen LogP contribution is -2.58. The van der Waals surface area contributed by atoms with E-state index in [4.69, 9.17) is 27.9 Å². The zero-order chi connectivity index (χ0) is 28.0. The van der Waals surface area contributed by atoms with Crippen molar-refractivity contribution in [3.8, 4) is 0 Å². The Morgan fingerprint density at radius 3 is 2.24 bits per heavy atom. The molecule has 1 N–H and O–H groups in total. The van der Waals surface area contributed by atoms with Crippen LogP contribution in [0.15, 0.2) is 42.5 Å². The van der Waals surface area contributed by atoms with Gasteiger partial charge >= 0.3 is 5.97 Å². The number of amides is 1. The average molecular weight is 583 g/mol. The summed E-state index contributed by atoms with van der Waals surface area (Å²) in [5.41, 5.74) is 2.23. The van der Waals surface area contributed by atoms with E-state index in [9.17, 15) is 23.1 Å². The third-order valence-corrected chi connectivity index (χ3v) is 10.7. The molecule has 1 saturated heterocycles. The van der Waals surface area contributed by atoms with Crippen molar-refractivity contribution in [3.05, 3.63) is 69.2 Å². The van der Waals surface area contributed by atoms with Gasteiger partial charge in [-0.2, -0.15) is 0 Å². The van der Waals surface area contributed by atoms with E-state index < -0.39 is 57.2 Å². The topological polar surface area (TPSA) is 101 Å². The average Bonchev–Trinajstić information content (AvgIpc) is 3.66. The molecule has 4 unspecified atom stereocenters. The third-order valence-electron chi connectivity index (χ3n) is 7.37. The normalized spacial score (nSPS) is 23.4. The van der Waals surface area contributed by atoms with Gasteiger partial charge in [0, 0.05) is 16.1 Å². The zero-order valence-electron chi connectivity index (χ0n) is 21.9. The molecule has 38 heavy (non-hydrogen) atoms. The minimum Gasteiger partial charge on any atom is -0.481 e. The number of aryl methyl sites for hydroxylation is 1. The molecule has 206 valence electrons. The van der Waals surface area contributed by atoms with Crippen LogP contribution < -0.4 is 0 Å². The highest BCUT2D eigenvalue weighted by Crippen LogP contribution is 2.48. The van der Waals surface area contributed by atoms with Gasteiger partial charge in [0.05, 0.1) is 23.0 Å². The van der Waals surface area contributed by atoms with Gasteiger partial charge in [-0.1, -0.05) is 47.5 Å². The summed E-state index contributed by atoms with van der Waals surface area (Å²) in [6.45, 7) is 6.81. The van der Waals surface area contributed by atoms with E-state index >= 15 is 0 Å². The largest absolute Gasteiger partial charge is 0.481 e. The quantitative estimate of drug-likeness (QED) is 0.424. The summed E-state index contributed by atoms with van der Waals surface area (Å²) >= 11 is 12.6. The first-order valence-corrected chi connectivity index (χ1v) is 15.0. The minimum absolute atomic E-state index is 0.0169. The number of carboxylic acid groups (broad SMARTS) is 1. The number of carbonyl (C=O) groups excluding carboxylic acids is 1. The Bertz CT molecular complexity index is 1320. The van der Waals surface area contributed by atoms with Crippen molar-refractivity contribution in [2.45, 2.75) is 76.0 Å². The van der Waals surface area contributed by atoms with Crippen molar-refractivity contribution in [1.82, 2.24) is 4.90 Å². The Labute approximate surface area is 234 Å². The molecule has 2 aromatic rings. The fourth-order valence-corrected chi connectivity index (χ4v) is 6.56. The highest BCUT2D eigenvalue weighted by Gasteiger charge is 2.52. The maximum atomic E-state index is 14.0. The van der Waals surface area contributed by atoms with Gasteiger partial charge in [0.25, 0.3) is 5.91 Å². The molecule has 7 nitrogen and oxygen atoms in total. The van der Waals surface area contributed by atoms with E-state index in [0.29, 0.717) is 21.2 Å². The van der Waals surface area contributed by atoms with Crippen LogP contribution in [0.25, 0.3) is 0 Å². The first-order chi connectivity index (χ1) is 17.7. The Balaban J connectivity index is 1.90. The Hall–Kier alpha value is -2.13. The van der Waals surface area contributed by atoms with E-state index in [1.54, 1.807) is 56.0 Å². The van der Waals surface area contributed by atoms with E-state index in [0.717, 1.165) is 18.4 Å². The predicted octanol–water partition coefficient (Wildman–Crippen LogP) is 5.78. The van der Waals surface area contributed by atoms with Crippen LogP contribution in [-0.2, 0) is 24.2 Å². The fraction of sp³-hybridized carbons (Fsp3) is 0.500. The molecule has 2 aliphatic rings. The molecule has 0 spiro atoms. The van der Waals surface area contributed by atoms with Gasteiger partial charge in [-0.25, -0.2) is 8.42 Å². The summed E-state index contributed by atoms with van der Waals surface area (Å²) in [7, 11) is -3.62. The summed E-state index contributed by atoms with van der Waals surface area (Å²) in [6, 6.07) is 11.1. The molecule has 2 aromatic carbocycles. The van der Waals surface area contributed by atoms with Crippen molar-refractivity contribution in [3.63, 3.8) is 0 Å². The molecule has 10 heteroatoms. The second-order valence-corrected chi connectivity index (χ2v) is 14.8. The minimum atomic E-state index is -3.62. The van der Waals surface area contributed by atoms with Crippen molar-refractivity contribution in [2.24, 2.45) is 5.92 Å². The molecule has 0 aromatic heterocycles. The lowest BCUT2D eigenvalue weighted by Gasteiger charge is -2.48. The van der Waals surface area contributed by atoms with Crippen LogP contribution in [0.2, 0.25) is 10.0 Å². The molecule has 1 saturated carbocycles. The number of benzene rings is 2. The molecular formula is C28H33Cl2NO6S. The van der Waals surface area contributed by atoms with Crippen molar-refractivity contribution < 1.29 is 27.9 Å². The number of hydrogen-bond donors (Lipinski definition) is 1. The SMILES string of the molecule is Cc1ccc(C2OC(CC(=O)O)C(=O)N(C(CS(=O)(=O)C(C)(C)C)C3CC3)C2c2ccc(Cl)cc2)cc1Cl. The van der Waals surface area contributed by atoms with Gasteiger partial charge in [0.2, 0.25) is 0 Å². The number of hydrogen-bond acceptors (Lipinski definition) is 5. The van der Waals surface area contributed by atoms with Gasteiger partial charge < -0.3 is 14.7 Å². The molecule has 0 bridgehead atoms. The molecular weight excluding hydrogens is 549 g/mol. The van der Waals surface area contributed by atoms with Crippen LogP contribution in [0.5, 0.6) is 0 Å². The second-order valence-electron chi connectivity index (χ2n) is 11.2. The highest BCUT2D eigenvalue weighted by atomic mass is 35.5. The van der Waals surface area contributed by atoms with Crippen LogP contribution in [0.1, 0.15) is 68.9 Å². The Morgan fingerprint density at radius 1 is 1.11 bits per heavy atom. The first-order valence-electron chi connectivity index (χ1n) is 12.6. The number of halogens is 2. The molecule has 4 rings (SSSR count). The maximum Gasteiger partial charge on any atom is 0.306 e. The van der Waals surface area contributed by atoms with E-state index in [-0.39, 0.29) is 11.7 Å². The number of ether oxygens (including phenoxy) is 1. The summed E-state index contributed by atoms with van der Waals surface area (Å²) in [4.78, 5) is 27.4. The number of carbonyl (C=O) groups is 2. The molecule has 1 aliphatic carbocycles. The van der Waals surface area contributed by atoms with E-state index in [1.165, 1.54) is 0 Å². The van der Waals surface area contributed by atoms with Gasteiger partial charge in [-0.05, 0) is 81.3 Å². The smallest absolute Gasteiger partial charge is 0.306 e. The zero-order valence-corrected chi connectivity index (χ0v) is 24.2. The first kappa shape index (κ1) is 28.9. The van der Waals surface area contributed by atoms with Crippen LogP contribution >= 0.6 is 23.2 Å². The van der Waals surface area contributed by atoms with Crippen LogP contribution in [0, 0.1) is 12.8 Å². The van der Waals surface area contributed by atoms with Gasteiger partial charge in [0.15, 0.2) is 9.84 Å². The third kappa shape index (κ3) is 6.03. The standard InChI is InChI=1S/C28H33Cl2NO6S/c1-16-5-6-19(13-21(16)30)26-25(18-9-11-20(29)12-10-18)31(27(34)23(37-26)14-24(32)33)22(17-7-8-17)15-38(35,36)28(2,3)4/h5-6,9-13,17,22-23,25-26H,7-8,14-15H2,1-4H3,(H,32,33). The fourth-order valence-electron chi connectivity index (χ4n) is 4.86.